The number of ether oxygens (including phenoxy) is 3. The molecule has 1 rings (SSSR count). The quantitative estimate of drug-likeness (QED) is 0.0457. The summed E-state index contributed by atoms with van der Waals surface area (Å²) in [4.78, 5) is 66.1. The van der Waals surface area contributed by atoms with Crippen molar-refractivity contribution >= 4 is 29.6 Å². The van der Waals surface area contributed by atoms with Crippen molar-refractivity contribution in [1.29, 1.82) is 0 Å². The van der Waals surface area contributed by atoms with E-state index < -0.39 is 30.2 Å². The molecular weight excluding hydrogens is 650 g/mol. The molecule has 0 bridgehead atoms. The number of rotatable bonds is 24. The van der Waals surface area contributed by atoms with E-state index in [4.69, 9.17) is 14.2 Å². The third-order valence-electron chi connectivity index (χ3n) is 7.83. The molecule has 0 aromatic heterocycles. The molecule has 284 valence electrons. The van der Waals surface area contributed by atoms with Gasteiger partial charge in [-0.2, -0.15) is 0 Å². The van der Waals surface area contributed by atoms with Gasteiger partial charge in [0.15, 0.2) is 6.29 Å². The van der Waals surface area contributed by atoms with E-state index >= 15 is 0 Å². The summed E-state index contributed by atoms with van der Waals surface area (Å²) in [6.45, 7) is 6.86. The maximum Gasteiger partial charge on any atom is 0.320 e. The molecule has 1 aliphatic rings. The number of aliphatic hydroxyl groups excluding tert-OH is 1. The molecule has 18 nitrogen and oxygen atoms in total. The van der Waals surface area contributed by atoms with Gasteiger partial charge in [0.25, 0.3) is 0 Å². The van der Waals surface area contributed by atoms with Crippen LogP contribution in [-0.4, -0.2) is 205 Å². The third kappa shape index (κ3) is 22.5. The summed E-state index contributed by atoms with van der Waals surface area (Å²) >= 11 is 0. The number of aliphatic hydroxyl groups is 2. The summed E-state index contributed by atoms with van der Waals surface area (Å²) in [6, 6.07) is -1.08. The molecule has 1 saturated heterocycles. The Labute approximate surface area is 287 Å². The van der Waals surface area contributed by atoms with Gasteiger partial charge in [0, 0.05) is 84.2 Å². The van der Waals surface area contributed by atoms with E-state index in [9.17, 15) is 49.5 Å². The van der Waals surface area contributed by atoms with Crippen molar-refractivity contribution in [2.45, 2.75) is 45.4 Å². The van der Waals surface area contributed by atoms with Gasteiger partial charge >= 0.3 is 17.9 Å². The van der Waals surface area contributed by atoms with Crippen LogP contribution in [0.4, 0.5) is 0 Å². The van der Waals surface area contributed by atoms with Gasteiger partial charge in [-0.15, -0.1) is 0 Å². The predicted molar refractivity (Wildman–Crippen MR) is 175 cm³/mol. The Morgan fingerprint density at radius 2 is 1.12 bits per heavy atom. The largest absolute Gasteiger partial charge is 0.480 e. The first-order valence-corrected chi connectivity index (χ1v) is 16.7. The van der Waals surface area contributed by atoms with Gasteiger partial charge in [-0.05, 0) is 6.42 Å². The predicted octanol–water partition coefficient (Wildman–Crippen LogP) is -2.30. The SMILES string of the molecule is CC(C)C(=O)CCOCCOCCOCCNC(=O)CCC(C(=O)O)N1CCN(CC(=O)O)CCN(CC(O)O)CCN(CC(=O)O)CC1. The minimum atomic E-state index is -1.62. The Hall–Kier alpha value is -2.81. The Balaban J connectivity index is 2.59. The molecule has 1 atom stereocenters. The average molecular weight is 708 g/mol. The van der Waals surface area contributed by atoms with E-state index in [0.29, 0.717) is 39.5 Å². The van der Waals surface area contributed by atoms with Gasteiger partial charge < -0.3 is 45.1 Å². The van der Waals surface area contributed by atoms with E-state index in [1.165, 1.54) is 0 Å². The zero-order valence-electron chi connectivity index (χ0n) is 28.9. The number of carbonyl (C=O) groups excluding carboxylic acids is 2. The highest BCUT2D eigenvalue weighted by molar-refractivity contribution is 5.80. The first-order chi connectivity index (χ1) is 23.3. The Bertz CT molecular complexity index is 956. The summed E-state index contributed by atoms with van der Waals surface area (Å²) in [5, 5.41) is 50.6. The normalized spacial score (nSPS) is 17.0. The van der Waals surface area contributed by atoms with Crippen molar-refractivity contribution in [3.8, 4) is 0 Å². The second kappa shape index (κ2) is 26.1. The van der Waals surface area contributed by atoms with Crippen LogP contribution in [0.3, 0.4) is 0 Å². The molecule has 0 aliphatic carbocycles. The minimum absolute atomic E-state index is 0.00725. The van der Waals surface area contributed by atoms with Crippen LogP contribution in [0.25, 0.3) is 0 Å². The number of hydrogen-bond acceptors (Lipinski definition) is 14. The molecule has 1 heterocycles. The topological polar surface area (TPSA) is 239 Å². The molecule has 1 aliphatic heterocycles. The van der Waals surface area contributed by atoms with Crippen LogP contribution in [0.15, 0.2) is 0 Å². The summed E-state index contributed by atoms with van der Waals surface area (Å²) in [6.07, 6.45) is -1.36. The molecular formula is C31H57N5O13. The van der Waals surface area contributed by atoms with Gasteiger partial charge in [-0.25, -0.2) is 0 Å². The molecule has 49 heavy (non-hydrogen) atoms. The van der Waals surface area contributed by atoms with Crippen LogP contribution in [-0.2, 0) is 38.2 Å². The minimum Gasteiger partial charge on any atom is -0.480 e. The fraction of sp³-hybridized carbons (Fsp3) is 0.839. The Morgan fingerprint density at radius 3 is 1.59 bits per heavy atom. The van der Waals surface area contributed by atoms with Gasteiger partial charge in [0.1, 0.15) is 11.8 Å². The van der Waals surface area contributed by atoms with Crippen LogP contribution in [0.2, 0.25) is 0 Å². The van der Waals surface area contributed by atoms with Crippen LogP contribution in [0.5, 0.6) is 0 Å². The van der Waals surface area contributed by atoms with Crippen molar-refractivity contribution in [3.63, 3.8) is 0 Å². The van der Waals surface area contributed by atoms with Crippen LogP contribution in [0.1, 0.15) is 33.1 Å². The molecule has 1 unspecified atom stereocenters. The number of β-amino-alcohol motifs (C(OH)–C–C–N with tert-alkyl or cyclic N) is 2. The molecule has 0 aromatic rings. The highest BCUT2D eigenvalue weighted by Crippen LogP contribution is 2.11. The maximum atomic E-state index is 12.5. The van der Waals surface area contributed by atoms with Gasteiger partial charge in [0.2, 0.25) is 5.91 Å². The zero-order valence-corrected chi connectivity index (χ0v) is 28.9. The second-order valence-electron chi connectivity index (χ2n) is 12.1. The number of carbonyl (C=O) groups is 5. The molecule has 0 radical (unpaired) electrons. The van der Waals surface area contributed by atoms with E-state index in [2.05, 4.69) is 5.32 Å². The highest BCUT2D eigenvalue weighted by Gasteiger charge is 2.28. The second-order valence-corrected chi connectivity index (χ2v) is 12.1. The number of carboxylic acid groups (broad SMARTS) is 3. The number of carboxylic acids is 3. The number of nitrogens with one attached hydrogen (secondary N) is 1. The fourth-order valence-corrected chi connectivity index (χ4v) is 5.06. The summed E-state index contributed by atoms with van der Waals surface area (Å²) in [5.41, 5.74) is 0. The monoisotopic (exact) mass is 707 g/mol. The first-order valence-electron chi connectivity index (χ1n) is 16.7. The average Bonchev–Trinajstić information content (AvgIpc) is 3.01. The molecule has 0 aromatic carbocycles. The molecule has 1 amide bonds. The molecule has 18 heteroatoms. The third-order valence-corrected chi connectivity index (χ3v) is 7.83. The smallest absolute Gasteiger partial charge is 0.320 e. The number of amides is 1. The highest BCUT2D eigenvalue weighted by atomic mass is 16.5. The number of ketones is 1. The van der Waals surface area contributed by atoms with Gasteiger partial charge in [-0.3, -0.25) is 43.6 Å². The van der Waals surface area contributed by atoms with Crippen LogP contribution >= 0.6 is 0 Å². The van der Waals surface area contributed by atoms with Crippen LogP contribution < -0.4 is 5.32 Å². The number of aliphatic carboxylic acids is 3. The Morgan fingerprint density at radius 1 is 0.653 bits per heavy atom. The Kier molecular flexibility index (Phi) is 23.5. The number of hydrogen-bond donors (Lipinski definition) is 6. The van der Waals surface area contributed by atoms with Crippen molar-refractivity contribution in [2.24, 2.45) is 5.92 Å². The molecule has 0 spiro atoms. The summed E-state index contributed by atoms with van der Waals surface area (Å²) < 4.78 is 16.2. The van der Waals surface area contributed by atoms with Crippen molar-refractivity contribution in [2.75, 3.05) is 118 Å². The van der Waals surface area contributed by atoms with Gasteiger partial charge in [-0.1, -0.05) is 13.8 Å². The summed E-state index contributed by atoms with van der Waals surface area (Å²) in [7, 11) is 0. The molecule has 6 N–H and O–H groups in total. The van der Waals surface area contributed by atoms with E-state index in [1.807, 2.05) is 13.8 Å². The zero-order chi connectivity index (χ0) is 36.6. The lowest BCUT2D eigenvalue weighted by Gasteiger charge is -2.35. The number of Topliss-reactive ketones (excluding diaryl/α,β-unsaturated/α-hetero) is 1. The number of nitrogens with zero attached hydrogens (tertiary/aromatic N) is 4. The molecule has 1 fully saturated rings. The molecule has 0 saturated carbocycles. The van der Waals surface area contributed by atoms with Crippen molar-refractivity contribution in [1.82, 2.24) is 24.9 Å². The first kappa shape index (κ1) is 44.2. The van der Waals surface area contributed by atoms with Crippen molar-refractivity contribution in [3.05, 3.63) is 0 Å². The lowest BCUT2D eigenvalue weighted by atomic mass is 10.1. The van der Waals surface area contributed by atoms with E-state index in [-0.39, 0.29) is 116 Å². The van der Waals surface area contributed by atoms with Crippen LogP contribution in [0, 0.1) is 5.92 Å². The van der Waals surface area contributed by atoms with E-state index in [0.717, 1.165) is 0 Å². The van der Waals surface area contributed by atoms with E-state index in [1.54, 1.807) is 19.6 Å². The standard InChI is InChI=1S/C31H57N5O13/c1-24(2)26(37)5-15-47-17-19-49-20-18-48-16-6-32-27(38)4-3-25(31(45)46)36-13-11-34(22-29(41)42)9-7-33(21-28(39)40)8-10-35(12-14-36)23-30(43)44/h24-25,28,39-40H,3-23H2,1-2H3,(H,32,38)(H,41,42)(H,43,44)(H,45,46). The van der Waals surface area contributed by atoms with Crippen molar-refractivity contribution < 1.29 is 63.7 Å². The maximum absolute atomic E-state index is 12.5. The summed E-state index contributed by atoms with van der Waals surface area (Å²) in [5.74, 6) is -3.51. The van der Waals surface area contributed by atoms with Gasteiger partial charge in [0.05, 0.1) is 52.7 Å². The lowest BCUT2D eigenvalue weighted by molar-refractivity contribution is -0.145. The lowest BCUT2D eigenvalue weighted by Crippen LogP contribution is -2.52. The fourth-order valence-electron chi connectivity index (χ4n) is 5.06.